The first-order chi connectivity index (χ1) is 12.5. The quantitative estimate of drug-likeness (QED) is 0.716. The molecule has 1 unspecified atom stereocenters. The summed E-state index contributed by atoms with van der Waals surface area (Å²) in [5.41, 5.74) is -2.42. The zero-order valence-electron chi connectivity index (χ0n) is 14.9. The summed E-state index contributed by atoms with van der Waals surface area (Å²) >= 11 is 5.68. The van der Waals surface area contributed by atoms with Crippen molar-refractivity contribution in [2.24, 2.45) is 11.8 Å². The second kappa shape index (κ2) is 6.64. The van der Waals surface area contributed by atoms with Gasteiger partial charge in [0.1, 0.15) is 22.3 Å². The molecule has 0 aromatic carbocycles. The Morgan fingerprint density at radius 2 is 2.07 bits per heavy atom. The van der Waals surface area contributed by atoms with E-state index in [0.29, 0.717) is 12.8 Å². The fraction of sp³-hybridized carbons (Fsp3) is 0.611. The van der Waals surface area contributed by atoms with E-state index in [1.165, 1.54) is 12.1 Å². The summed E-state index contributed by atoms with van der Waals surface area (Å²) in [7, 11) is 0. The molecule has 2 aliphatic carbocycles. The Bertz CT molecular complexity index is 770. The molecule has 0 radical (unpaired) electrons. The van der Waals surface area contributed by atoms with E-state index in [-0.39, 0.29) is 29.0 Å². The van der Waals surface area contributed by atoms with Gasteiger partial charge in [-0.25, -0.2) is 4.98 Å². The number of nitrogens with one attached hydrogen (secondary N) is 2. The minimum absolute atomic E-state index is 0.0118. The fourth-order valence-electron chi connectivity index (χ4n) is 3.47. The minimum atomic E-state index is -4.63. The van der Waals surface area contributed by atoms with Crippen LogP contribution in [0.4, 0.5) is 13.2 Å². The number of nitrogens with zero attached hydrogens (tertiary/aromatic N) is 2. The molecule has 2 aliphatic rings. The van der Waals surface area contributed by atoms with Crippen molar-refractivity contribution >= 4 is 17.5 Å². The highest BCUT2D eigenvalue weighted by Crippen LogP contribution is 2.52. The zero-order valence-corrected chi connectivity index (χ0v) is 15.7. The molecule has 1 amide bonds. The number of hydrogen-bond donors (Lipinski definition) is 2. The molecule has 3 rings (SSSR count). The molecule has 27 heavy (non-hydrogen) atoms. The van der Waals surface area contributed by atoms with Gasteiger partial charge in [-0.1, -0.05) is 31.5 Å². The van der Waals surface area contributed by atoms with Crippen molar-refractivity contribution in [1.82, 2.24) is 15.6 Å². The van der Waals surface area contributed by atoms with Gasteiger partial charge in [0.2, 0.25) is 5.91 Å². The Kier molecular flexibility index (Phi) is 4.89. The molecule has 1 heterocycles. The highest BCUT2D eigenvalue weighted by molar-refractivity contribution is 6.29. The van der Waals surface area contributed by atoms with Crippen LogP contribution in [0.15, 0.2) is 18.3 Å². The van der Waals surface area contributed by atoms with E-state index >= 15 is 0 Å². The summed E-state index contributed by atoms with van der Waals surface area (Å²) in [6.07, 6.45) is -2.25. The van der Waals surface area contributed by atoms with E-state index in [0.717, 1.165) is 6.20 Å². The molecule has 0 bridgehead atoms. The molecule has 9 heteroatoms. The third-order valence-electron chi connectivity index (χ3n) is 5.35. The Labute approximate surface area is 160 Å². The van der Waals surface area contributed by atoms with Crippen LogP contribution in [0.5, 0.6) is 0 Å². The number of alkyl halides is 3. The highest BCUT2D eigenvalue weighted by Gasteiger charge is 2.65. The maximum absolute atomic E-state index is 13.8. The van der Waals surface area contributed by atoms with Crippen LogP contribution in [-0.4, -0.2) is 28.1 Å². The molecule has 0 spiro atoms. The third-order valence-corrected chi connectivity index (χ3v) is 5.58. The molecular formula is C18H20ClF3N4O. The molecule has 0 saturated heterocycles. The molecule has 2 fully saturated rings. The summed E-state index contributed by atoms with van der Waals surface area (Å²) in [5.74, 6) is -0.786. The van der Waals surface area contributed by atoms with E-state index in [2.05, 4.69) is 15.6 Å². The lowest BCUT2D eigenvalue weighted by Gasteiger charge is -2.29. The average Bonchev–Trinajstić information content (AvgIpc) is 3.48. The molecule has 3 atom stereocenters. The second-order valence-electron chi connectivity index (χ2n) is 7.71. The number of aromatic nitrogens is 1. The largest absolute Gasteiger partial charge is 0.407 e. The fourth-order valence-corrected chi connectivity index (χ4v) is 3.59. The lowest BCUT2D eigenvalue weighted by molar-refractivity contribution is -0.162. The Morgan fingerprint density at radius 1 is 1.41 bits per heavy atom. The molecule has 2 N–H and O–H groups in total. The molecule has 2 saturated carbocycles. The van der Waals surface area contributed by atoms with Gasteiger partial charge in [-0.05, 0) is 42.7 Å². The number of carbonyl (C=O) groups is 1. The standard InChI is InChI=1S/C18H20ClF3N4O/c1-10(2)12-7-17(12,15(27)26-16(9-23)5-6-16)25-14(18(20,21)22)11-3-4-13(19)24-8-11/h3-4,8,10,12,14,25H,5-7H2,1-2H3,(H,26,27)/t12-,14-,17?/m0/s1. The normalized spacial score (nSPS) is 27.0. The van der Waals surface area contributed by atoms with Crippen LogP contribution in [0.25, 0.3) is 0 Å². The van der Waals surface area contributed by atoms with Gasteiger partial charge in [-0.15, -0.1) is 0 Å². The Balaban J connectivity index is 1.89. The van der Waals surface area contributed by atoms with Crippen molar-refractivity contribution < 1.29 is 18.0 Å². The first-order valence-corrected chi connectivity index (χ1v) is 9.10. The summed E-state index contributed by atoms with van der Waals surface area (Å²) in [4.78, 5) is 16.6. The van der Waals surface area contributed by atoms with Crippen molar-refractivity contribution in [3.05, 3.63) is 29.0 Å². The van der Waals surface area contributed by atoms with Gasteiger partial charge in [0, 0.05) is 6.20 Å². The summed E-state index contributed by atoms with van der Waals surface area (Å²) in [6, 6.07) is 2.51. The molecule has 146 valence electrons. The topological polar surface area (TPSA) is 77.8 Å². The van der Waals surface area contributed by atoms with Gasteiger partial charge in [0.05, 0.1) is 6.07 Å². The predicted octanol–water partition coefficient (Wildman–Crippen LogP) is 3.52. The van der Waals surface area contributed by atoms with Crippen LogP contribution in [0.1, 0.15) is 44.7 Å². The molecule has 1 aromatic heterocycles. The lowest BCUT2D eigenvalue weighted by Crippen LogP contribution is -2.55. The van der Waals surface area contributed by atoms with Gasteiger partial charge >= 0.3 is 6.18 Å². The van der Waals surface area contributed by atoms with Crippen LogP contribution >= 0.6 is 11.6 Å². The van der Waals surface area contributed by atoms with E-state index in [9.17, 15) is 23.2 Å². The summed E-state index contributed by atoms with van der Waals surface area (Å²) in [5, 5.41) is 14.5. The van der Waals surface area contributed by atoms with E-state index in [1.54, 1.807) is 0 Å². The van der Waals surface area contributed by atoms with Crippen LogP contribution < -0.4 is 10.6 Å². The molecule has 1 aromatic rings. The predicted molar refractivity (Wildman–Crippen MR) is 92.6 cm³/mol. The van der Waals surface area contributed by atoms with Gasteiger partial charge < -0.3 is 5.32 Å². The molecular weight excluding hydrogens is 381 g/mol. The number of pyridine rings is 1. The smallest absolute Gasteiger partial charge is 0.336 e. The van der Waals surface area contributed by atoms with E-state index in [1.807, 2.05) is 19.9 Å². The monoisotopic (exact) mass is 400 g/mol. The Hall–Kier alpha value is -1.85. The summed E-state index contributed by atoms with van der Waals surface area (Å²) in [6.45, 7) is 3.73. The molecule has 5 nitrogen and oxygen atoms in total. The van der Waals surface area contributed by atoms with Crippen molar-refractivity contribution in [2.45, 2.75) is 56.4 Å². The first-order valence-electron chi connectivity index (χ1n) is 8.73. The zero-order chi connectivity index (χ0) is 20.0. The lowest BCUT2D eigenvalue weighted by atomic mass is 9.99. The average molecular weight is 401 g/mol. The SMILES string of the molecule is CC(C)[C@@H]1CC1(N[C@@H](c1ccc(Cl)nc1)C(F)(F)F)C(=O)NC1(C#N)CC1. The van der Waals surface area contributed by atoms with E-state index in [4.69, 9.17) is 11.6 Å². The van der Waals surface area contributed by atoms with Gasteiger partial charge in [0.25, 0.3) is 0 Å². The van der Waals surface area contributed by atoms with Crippen LogP contribution in [-0.2, 0) is 4.79 Å². The minimum Gasteiger partial charge on any atom is -0.336 e. The van der Waals surface area contributed by atoms with Crippen LogP contribution in [0.3, 0.4) is 0 Å². The number of nitriles is 1. The second-order valence-corrected chi connectivity index (χ2v) is 8.09. The van der Waals surface area contributed by atoms with Crippen LogP contribution in [0.2, 0.25) is 5.15 Å². The molecule has 0 aliphatic heterocycles. The number of halogens is 4. The first kappa shape index (κ1) is 19.9. The van der Waals surface area contributed by atoms with Crippen molar-refractivity contribution in [3.8, 4) is 6.07 Å². The van der Waals surface area contributed by atoms with Crippen LogP contribution in [0, 0.1) is 23.2 Å². The summed E-state index contributed by atoms with van der Waals surface area (Å²) < 4.78 is 41.3. The number of amides is 1. The maximum atomic E-state index is 13.8. The van der Waals surface area contributed by atoms with Crippen molar-refractivity contribution in [1.29, 1.82) is 5.26 Å². The number of carbonyl (C=O) groups excluding carboxylic acids is 1. The van der Waals surface area contributed by atoms with Gasteiger partial charge in [-0.3, -0.25) is 10.1 Å². The van der Waals surface area contributed by atoms with Crippen molar-refractivity contribution in [2.75, 3.05) is 0 Å². The van der Waals surface area contributed by atoms with E-state index < -0.39 is 29.2 Å². The maximum Gasteiger partial charge on any atom is 0.407 e. The van der Waals surface area contributed by atoms with Crippen molar-refractivity contribution in [3.63, 3.8) is 0 Å². The highest BCUT2D eigenvalue weighted by atomic mass is 35.5. The van der Waals surface area contributed by atoms with Gasteiger partial charge in [-0.2, -0.15) is 18.4 Å². The Morgan fingerprint density at radius 3 is 2.48 bits per heavy atom. The third kappa shape index (κ3) is 3.90. The van der Waals surface area contributed by atoms with Gasteiger partial charge in [0.15, 0.2) is 0 Å². The number of rotatable bonds is 6. The number of hydrogen-bond acceptors (Lipinski definition) is 4.